The van der Waals surface area contributed by atoms with Gasteiger partial charge in [-0.1, -0.05) is 54.6 Å². The van der Waals surface area contributed by atoms with E-state index in [1.807, 2.05) is 54.6 Å². The van der Waals surface area contributed by atoms with Crippen molar-refractivity contribution >= 4 is 5.78 Å². The van der Waals surface area contributed by atoms with Crippen molar-refractivity contribution in [1.82, 2.24) is 0 Å². The number of ketones is 1. The highest BCUT2D eigenvalue weighted by Crippen LogP contribution is 2.21. The SMILES string of the molecule is Cc1cc(F)ccc1C(=O)c1ccc(-c2ccccc2)cc1. The minimum atomic E-state index is -0.325. The van der Waals surface area contributed by atoms with Gasteiger partial charge in [0.2, 0.25) is 0 Å². The van der Waals surface area contributed by atoms with Crippen LogP contribution in [0.25, 0.3) is 11.1 Å². The van der Waals surface area contributed by atoms with Crippen molar-refractivity contribution in [3.8, 4) is 11.1 Å². The van der Waals surface area contributed by atoms with Crippen molar-refractivity contribution < 1.29 is 9.18 Å². The van der Waals surface area contributed by atoms with Gasteiger partial charge in [-0.15, -0.1) is 0 Å². The molecule has 0 bridgehead atoms. The van der Waals surface area contributed by atoms with Gasteiger partial charge >= 0.3 is 0 Å². The molecule has 0 N–H and O–H groups in total. The summed E-state index contributed by atoms with van der Waals surface area (Å²) in [5.74, 6) is -0.411. The quantitative estimate of drug-likeness (QED) is 0.618. The summed E-state index contributed by atoms with van der Waals surface area (Å²) in [7, 11) is 0. The molecule has 0 amide bonds. The van der Waals surface area contributed by atoms with Crippen LogP contribution in [0.2, 0.25) is 0 Å². The molecule has 108 valence electrons. The zero-order chi connectivity index (χ0) is 15.5. The van der Waals surface area contributed by atoms with Crippen LogP contribution in [0.4, 0.5) is 4.39 Å². The van der Waals surface area contributed by atoms with E-state index in [0.29, 0.717) is 16.7 Å². The lowest BCUT2D eigenvalue weighted by Crippen LogP contribution is -2.03. The maximum atomic E-state index is 13.1. The molecule has 22 heavy (non-hydrogen) atoms. The Hall–Kier alpha value is -2.74. The number of carbonyl (C=O) groups is 1. The second kappa shape index (κ2) is 5.94. The summed E-state index contributed by atoms with van der Waals surface area (Å²) < 4.78 is 13.1. The Labute approximate surface area is 129 Å². The minimum absolute atomic E-state index is 0.0860. The molecule has 0 fully saturated rings. The fraction of sp³-hybridized carbons (Fsp3) is 0.0500. The zero-order valence-corrected chi connectivity index (χ0v) is 12.2. The molecule has 1 nitrogen and oxygen atoms in total. The molecule has 0 unspecified atom stereocenters. The lowest BCUT2D eigenvalue weighted by molar-refractivity contribution is 0.103. The minimum Gasteiger partial charge on any atom is -0.289 e. The van der Waals surface area contributed by atoms with Crippen molar-refractivity contribution in [2.75, 3.05) is 0 Å². The molecule has 0 saturated carbocycles. The van der Waals surface area contributed by atoms with Gasteiger partial charge in [0.1, 0.15) is 5.82 Å². The highest BCUT2D eigenvalue weighted by molar-refractivity contribution is 6.10. The van der Waals surface area contributed by atoms with E-state index in [4.69, 9.17) is 0 Å². The van der Waals surface area contributed by atoms with Gasteiger partial charge in [0.15, 0.2) is 5.78 Å². The van der Waals surface area contributed by atoms with Crippen LogP contribution in [0.15, 0.2) is 72.8 Å². The number of hydrogen-bond acceptors (Lipinski definition) is 1. The number of hydrogen-bond donors (Lipinski definition) is 0. The highest BCUT2D eigenvalue weighted by atomic mass is 19.1. The predicted molar refractivity (Wildman–Crippen MR) is 86.4 cm³/mol. The van der Waals surface area contributed by atoms with Crippen LogP contribution in [0.5, 0.6) is 0 Å². The first-order valence-corrected chi connectivity index (χ1v) is 7.11. The Kier molecular flexibility index (Phi) is 3.84. The molecule has 0 aliphatic heterocycles. The van der Waals surface area contributed by atoms with Crippen LogP contribution >= 0.6 is 0 Å². The van der Waals surface area contributed by atoms with Crippen LogP contribution in [0.3, 0.4) is 0 Å². The van der Waals surface area contributed by atoms with Crippen molar-refractivity contribution in [3.05, 3.63) is 95.3 Å². The van der Waals surface area contributed by atoms with Gasteiger partial charge in [0.25, 0.3) is 0 Å². The number of carbonyl (C=O) groups excluding carboxylic acids is 1. The molecule has 0 heterocycles. The number of rotatable bonds is 3. The third kappa shape index (κ3) is 2.82. The Bertz CT molecular complexity index is 805. The standard InChI is InChI=1S/C20H15FO/c1-14-13-18(21)11-12-19(14)20(22)17-9-7-16(8-10-17)15-5-3-2-4-6-15/h2-13H,1H3. The average molecular weight is 290 g/mol. The molecule has 3 aromatic carbocycles. The monoisotopic (exact) mass is 290 g/mol. The van der Waals surface area contributed by atoms with Crippen molar-refractivity contribution in [1.29, 1.82) is 0 Å². The van der Waals surface area contributed by atoms with Crippen LogP contribution in [-0.4, -0.2) is 5.78 Å². The topological polar surface area (TPSA) is 17.1 Å². The average Bonchev–Trinajstić information content (AvgIpc) is 2.55. The summed E-state index contributed by atoms with van der Waals surface area (Å²) in [5, 5.41) is 0. The van der Waals surface area contributed by atoms with Gasteiger partial charge in [0, 0.05) is 11.1 Å². The summed E-state index contributed by atoms with van der Waals surface area (Å²) in [4.78, 5) is 12.5. The van der Waals surface area contributed by atoms with E-state index < -0.39 is 0 Å². The molecule has 3 aromatic rings. The molecular formula is C20H15FO. The first kappa shape index (κ1) is 14.2. The maximum absolute atomic E-state index is 13.1. The molecule has 0 saturated heterocycles. The smallest absolute Gasteiger partial charge is 0.193 e. The van der Waals surface area contributed by atoms with Gasteiger partial charge in [0.05, 0.1) is 0 Å². The van der Waals surface area contributed by atoms with E-state index in [2.05, 4.69) is 0 Å². The normalized spacial score (nSPS) is 10.5. The third-order valence-corrected chi connectivity index (χ3v) is 3.69. The lowest BCUT2D eigenvalue weighted by Gasteiger charge is -2.07. The summed E-state index contributed by atoms with van der Waals surface area (Å²) in [5.41, 5.74) is 3.97. The second-order valence-corrected chi connectivity index (χ2v) is 5.23. The van der Waals surface area contributed by atoms with Crippen LogP contribution in [-0.2, 0) is 0 Å². The fourth-order valence-electron chi connectivity index (χ4n) is 2.48. The largest absolute Gasteiger partial charge is 0.289 e. The Morgan fingerprint density at radius 1 is 0.818 bits per heavy atom. The van der Waals surface area contributed by atoms with Crippen LogP contribution in [0, 0.1) is 12.7 Å². The van der Waals surface area contributed by atoms with Crippen molar-refractivity contribution in [3.63, 3.8) is 0 Å². The molecule has 0 spiro atoms. The molecule has 0 atom stereocenters. The van der Waals surface area contributed by atoms with E-state index >= 15 is 0 Å². The van der Waals surface area contributed by atoms with Gasteiger partial charge in [-0.05, 0) is 41.8 Å². The molecule has 0 aromatic heterocycles. The molecule has 0 aliphatic rings. The first-order valence-electron chi connectivity index (χ1n) is 7.11. The third-order valence-electron chi connectivity index (χ3n) is 3.69. The van der Waals surface area contributed by atoms with Gasteiger partial charge in [-0.3, -0.25) is 4.79 Å². The summed E-state index contributed by atoms with van der Waals surface area (Å²) in [6, 6.07) is 21.7. The molecule has 2 heteroatoms. The molecular weight excluding hydrogens is 275 g/mol. The summed E-state index contributed by atoms with van der Waals surface area (Å²) in [6.07, 6.45) is 0. The Balaban J connectivity index is 1.91. The van der Waals surface area contributed by atoms with E-state index in [-0.39, 0.29) is 11.6 Å². The van der Waals surface area contributed by atoms with Gasteiger partial charge in [-0.25, -0.2) is 4.39 Å². The van der Waals surface area contributed by atoms with Gasteiger partial charge < -0.3 is 0 Å². The van der Waals surface area contributed by atoms with Crippen molar-refractivity contribution in [2.24, 2.45) is 0 Å². The Morgan fingerprint density at radius 2 is 1.45 bits per heavy atom. The van der Waals surface area contributed by atoms with E-state index in [1.54, 1.807) is 6.92 Å². The van der Waals surface area contributed by atoms with E-state index in [1.165, 1.54) is 18.2 Å². The zero-order valence-electron chi connectivity index (χ0n) is 12.2. The second-order valence-electron chi connectivity index (χ2n) is 5.23. The van der Waals surface area contributed by atoms with Crippen molar-refractivity contribution in [2.45, 2.75) is 6.92 Å². The highest BCUT2D eigenvalue weighted by Gasteiger charge is 2.12. The van der Waals surface area contributed by atoms with Crippen LogP contribution < -0.4 is 0 Å². The number of halogens is 1. The summed E-state index contributed by atoms with van der Waals surface area (Å²) in [6.45, 7) is 1.74. The maximum Gasteiger partial charge on any atom is 0.193 e. The lowest BCUT2D eigenvalue weighted by atomic mass is 9.97. The molecule has 0 radical (unpaired) electrons. The van der Waals surface area contributed by atoms with E-state index in [9.17, 15) is 9.18 Å². The van der Waals surface area contributed by atoms with E-state index in [0.717, 1.165) is 11.1 Å². The number of aryl methyl sites for hydroxylation is 1. The fourth-order valence-corrected chi connectivity index (χ4v) is 2.48. The Morgan fingerprint density at radius 3 is 2.09 bits per heavy atom. The predicted octanol–water partition coefficient (Wildman–Crippen LogP) is 5.03. The summed E-state index contributed by atoms with van der Waals surface area (Å²) >= 11 is 0. The number of benzene rings is 3. The first-order chi connectivity index (χ1) is 10.6. The molecule has 3 rings (SSSR count). The van der Waals surface area contributed by atoms with Gasteiger partial charge in [-0.2, -0.15) is 0 Å². The molecule has 0 aliphatic carbocycles. The van der Waals surface area contributed by atoms with Crippen LogP contribution in [0.1, 0.15) is 21.5 Å².